The Kier molecular flexibility index (Phi) is 2.68. The van der Waals surface area contributed by atoms with E-state index in [-0.39, 0.29) is 0 Å². The van der Waals surface area contributed by atoms with Gasteiger partial charge in [-0.25, -0.2) is 0 Å². The Morgan fingerprint density at radius 2 is 2.11 bits per heavy atom. The molecule has 0 fully saturated rings. The van der Waals surface area contributed by atoms with Crippen molar-refractivity contribution in [3.8, 4) is 5.75 Å². The van der Waals surface area contributed by atoms with Crippen LogP contribution in [-0.2, 0) is 6.61 Å². The van der Waals surface area contributed by atoms with E-state index in [4.69, 9.17) is 9.26 Å². The number of pyridine rings is 1. The monoisotopic (exact) mass is 240 g/mol. The van der Waals surface area contributed by atoms with Gasteiger partial charge in [0.25, 0.3) is 0 Å². The Labute approximate surface area is 104 Å². The van der Waals surface area contributed by atoms with Crippen LogP contribution in [0.4, 0.5) is 0 Å². The lowest BCUT2D eigenvalue weighted by Crippen LogP contribution is -1.97. The highest BCUT2D eigenvalue weighted by atomic mass is 16.5. The summed E-state index contributed by atoms with van der Waals surface area (Å²) in [6, 6.07) is 11.6. The quantitative estimate of drug-likeness (QED) is 0.705. The Bertz CT molecular complexity index is 663. The summed E-state index contributed by atoms with van der Waals surface area (Å²) in [5, 5.41) is 4.82. The normalized spacial score (nSPS) is 10.7. The fraction of sp³-hybridized carbons (Fsp3) is 0.143. The lowest BCUT2D eigenvalue weighted by Gasteiger charge is -2.08. The van der Waals surface area contributed by atoms with Gasteiger partial charge in [-0.05, 0) is 19.1 Å². The second-order valence-corrected chi connectivity index (χ2v) is 4.06. The molecule has 4 heteroatoms. The summed E-state index contributed by atoms with van der Waals surface area (Å²) in [7, 11) is 0. The molecule has 2 heterocycles. The van der Waals surface area contributed by atoms with E-state index in [9.17, 15) is 0 Å². The number of hydrogen-bond acceptors (Lipinski definition) is 4. The van der Waals surface area contributed by atoms with E-state index in [0.29, 0.717) is 6.61 Å². The molecule has 0 aliphatic heterocycles. The van der Waals surface area contributed by atoms with Gasteiger partial charge in [-0.3, -0.25) is 4.98 Å². The van der Waals surface area contributed by atoms with Gasteiger partial charge >= 0.3 is 0 Å². The number of aromatic nitrogens is 2. The molecule has 0 amide bonds. The van der Waals surface area contributed by atoms with Crippen molar-refractivity contribution in [3.63, 3.8) is 0 Å². The number of rotatable bonds is 3. The molecule has 4 nitrogen and oxygen atoms in total. The van der Waals surface area contributed by atoms with Gasteiger partial charge in [0.15, 0.2) is 0 Å². The number of hydrogen-bond donors (Lipinski definition) is 0. The van der Waals surface area contributed by atoms with Crippen molar-refractivity contribution in [1.29, 1.82) is 0 Å². The van der Waals surface area contributed by atoms with E-state index >= 15 is 0 Å². The van der Waals surface area contributed by atoms with Crippen LogP contribution in [0.15, 0.2) is 47.2 Å². The summed E-state index contributed by atoms with van der Waals surface area (Å²) < 4.78 is 10.6. The van der Waals surface area contributed by atoms with E-state index in [1.165, 1.54) is 6.26 Å². The first-order chi connectivity index (χ1) is 8.83. The molecule has 0 aliphatic carbocycles. The smallest absolute Gasteiger partial charge is 0.134 e. The van der Waals surface area contributed by atoms with Crippen LogP contribution in [0.25, 0.3) is 10.9 Å². The maximum absolute atomic E-state index is 5.78. The molecular formula is C14H12N2O2. The maximum Gasteiger partial charge on any atom is 0.134 e. The molecule has 0 spiro atoms. The van der Waals surface area contributed by atoms with Crippen LogP contribution in [0, 0.1) is 6.92 Å². The summed E-state index contributed by atoms with van der Waals surface area (Å²) in [4.78, 5) is 4.47. The van der Waals surface area contributed by atoms with Gasteiger partial charge < -0.3 is 9.26 Å². The zero-order valence-corrected chi connectivity index (χ0v) is 9.96. The minimum Gasteiger partial charge on any atom is -0.486 e. The molecule has 0 radical (unpaired) electrons. The lowest BCUT2D eigenvalue weighted by atomic mass is 10.2. The van der Waals surface area contributed by atoms with Gasteiger partial charge in [0.1, 0.15) is 24.3 Å². The average molecular weight is 240 g/mol. The zero-order valence-electron chi connectivity index (χ0n) is 9.96. The fourth-order valence-corrected chi connectivity index (χ4v) is 1.85. The van der Waals surface area contributed by atoms with Gasteiger partial charge in [-0.2, -0.15) is 0 Å². The van der Waals surface area contributed by atoms with Crippen LogP contribution in [0.1, 0.15) is 11.4 Å². The predicted molar refractivity (Wildman–Crippen MR) is 67.3 cm³/mol. The Morgan fingerprint density at radius 3 is 2.94 bits per heavy atom. The summed E-state index contributed by atoms with van der Waals surface area (Å²) in [6.07, 6.45) is 1.54. The SMILES string of the molecule is Cc1cc(OCc2ccon2)c2ccccc2n1. The molecule has 0 bridgehead atoms. The van der Waals surface area contributed by atoms with Gasteiger partial charge in [0.2, 0.25) is 0 Å². The molecule has 0 unspecified atom stereocenters. The minimum absolute atomic E-state index is 0.393. The number of ether oxygens (including phenoxy) is 1. The van der Waals surface area contributed by atoms with Crippen LogP contribution in [0.5, 0.6) is 5.75 Å². The van der Waals surface area contributed by atoms with Gasteiger partial charge in [0, 0.05) is 23.2 Å². The second-order valence-electron chi connectivity index (χ2n) is 4.06. The first-order valence-electron chi connectivity index (χ1n) is 5.71. The van der Waals surface area contributed by atoms with E-state index in [0.717, 1.165) is 28.0 Å². The molecule has 2 aromatic heterocycles. The van der Waals surface area contributed by atoms with E-state index in [2.05, 4.69) is 10.1 Å². The molecular weight excluding hydrogens is 228 g/mol. The Balaban J connectivity index is 1.95. The minimum atomic E-state index is 0.393. The van der Waals surface area contributed by atoms with E-state index in [1.54, 1.807) is 6.07 Å². The van der Waals surface area contributed by atoms with Crippen LogP contribution in [-0.4, -0.2) is 10.1 Å². The Hall–Kier alpha value is -2.36. The van der Waals surface area contributed by atoms with E-state index < -0.39 is 0 Å². The molecule has 0 N–H and O–H groups in total. The number of nitrogens with zero attached hydrogens (tertiary/aromatic N) is 2. The number of fused-ring (bicyclic) bond motifs is 1. The Morgan fingerprint density at radius 1 is 1.22 bits per heavy atom. The van der Waals surface area contributed by atoms with Crippen molar-refractivity contribution in [3.05, 3.63) is 54.0 Å². The molecule has 1 aromatic carbocycles. The van der Waals surface area contributed by atoms with E-state index in [1.807, 2.05) is 37.3 Å². The highest BCUT2D eigenvalue weighted by molar-refractivity contribution is 5.85. The van der Waals surface area contributed by atoms with Crippen LogP contribution in [0.2, 0.25) is 0 Å². The summed E-state index contributed by atoms with van der Waals surface area (Å²) in [5.41, 5.74) is 2.64. The van der Waals surface area contributed by atoms with Crippen LogP contribution >= 0.6 is 0 Å². The molecule has 90 valence electrons. The third kappa shape index (κ3) is 2.05. The molecule has 3 aromatic rings. The molecule has 18 heavy (non-hydrogen) atoms. The standard InChI is InChI=1S/C14H12N2O2/c1-10-8-14(17-9-11-6-7-18-16-11)12-4-2-3-5-13(12)15-10/h2-8H,9H2,1H3. The van der Waals surface area contributed by atoms with Crippen LogP contribution < -0.4 is 4.74 Å². The number of para-hydroxylation sites is 1. The largest absolute Gasteiger partial charge is 0.486 e. The third-order valence-electron chi connectivity index (χ3n) is 2.67. The van der Waals surface area contributed by atoms with Crippen molar-refractivity contribution in [1.82, 2.24) is 10.1 Å². The molecule has 0 aliphatic rings. The summed E-state index contributed by atoms with van der Waals surface area (Å²) in [6.45, 7) is 2.35. The van der Waals surface area contributed by atoms with Gasteiger partial charge in [0.05, 0.1) is 5.52 Å². The zero-order chi connectivity index (χ0) is 12.4. The number of aryl methyl sites for hydroxylation is 1. The fourth-order valence-electron chi connectivity index (χ4n) is 1.85. The van der Waals surface area contributed by atoms with Crippen LogP contribution in [0.3, 0.4) is 0 Å². The first-order valence-corrected chi connectivity index (χ1v) is 5.71. The molecule has 0 atom stereocenters. The van der Waals surface area contributed by atoms with Gasteiger partial charge in [-0.15, -0.1) is 0 Å². The second kappa shape index (κ2) is 4.49. The summed E-state index contributed by atoms with van der Waals surface area (Å²) >= 11 is 0. The maximum atomic E-state index is 5.78. The molecule has 0 saturated carbocycles. The third-order valence-corrected chi connectivity index (χ3v) is 2.67. The average Bonchev–Trinajstić information content (AvgIpc) is 2.89. The van der Waals surface area contributed by atoms with Crippen molar-refractivity contribution in [2.75, 3.05) is 0 Å². The van der Waals surface area contributed by atoms with Crippen molar-refractivity contribution in [2.24, 2.45) is 0 Å². The number of benzene rings is 1. The van der Waals surface area contributed by atoms with Crippen molar-refractivity contribution >= 4 is 10.9 Å². The highest BCUT2D eigenvalue weighted by Crippen LogP contribution is 2.25. The summed E-state index contributed by atoms with van der Waals surface area (Å²) in [5.74, 6) is 0.820. The molecule has 0 saturated heterocycles. The van der Waals surface area contributed by atoms with Crippen molar-refractivity contribution in [2.45, 2.75) is 13.5 Å². The molecule has 3 rings (SSSR count). The lowest BCUT2D eigenvalue weighted by molar-refractivity contribution is 0.292. The first kappa shape index (κ1) is 10.8. The topological polar surface area (TPSA) is 48.2 Å². The van der Waals surface area contributed by atoms with Gasteiger partial charge in [-0.1, -0.05) is 17.3 Å². The predicted octanol–water partition coefficient (Wildman–Crippen LogP) is 3.11. The highest BCUT2D eigenvalue weighted by Gasteiger charge is 2.05. The van der Waals surface area contributed by atoms with Crippen molar-refractivity contribution < 1.29 is 9.26 Å².